The van der Waals surface area contributed by atoms with Crippen LogP contribution in [0.1, 0.15) is 194 Å². The first-order valence-corrected chi connectivity index (χ1v) is 31.4. The Morgan fingerprint density at radius 3 is 1.09 bits per heavy atom. The SMILES string of the molecule is CC/C=C\C/C=C\C/C=C\C/C=C\C/C=C\C/C=C\C/C=C\C/C=C\C/C=C\CCCCCCCCCCCCCC(=O)OC(COC(=O)C/C=C\C/C=C\C/C=C\C/C=C\C/C=C\CC)COP(=O)(O)OCC[N+](C)(C)C. The van der Waals surface area contributed by atoms with Gasteiger partial charge in [-0.2, -0.15) is 0 Å². The van der Waals surface area contributed by atoms with Gasteiger partial charge in [0.2, 0.25) is 0 Å². The smallest absolute Gasteiger partial charge is 0.461 e. The van der Waals surface area contributed by atoms with E-state index in [1.54, 1.807) is 6.08 Å². The van der Waals surface area contributed by atoms with Crippen molar-refractivity contribution < 1.29 is 42.1 Å². The van der Waals surface area contributed by atoms with Crippen molar-refractivity contribution in [1.29, 1.82) is 0 Å². The molecule has 10 heteroatoms. The largest absolute Gasteiger partial charge is 0.472 e. The van der Waals surface area contributed by atoms with E-state index in [-0.39, 0.29) is 26.1 Å². The highest BCUT2D eigenvalue weighted by Gasteiger charge is 2.27. The first-order chi connectivity index (χ1) is 38.0. The third-order valence-electron chi connectivity index (χ3n) is 11.8. The normalized spacial score (nSPS) is 14.5. The van der Waals surface area contributed by atoms with Crippen LogP contribution in [0.3, 0.4) is 0 Å². The van der Waals surface area contributed by atoms with Gasteiger partial charge in [0.05, 0.1) is 34.2 Å². The highest BCUT2D eigenvalue weighted by molar-refractivity contribution is 7.47. The lowest BCUT2D eigenvalue weighted by Crippen LogP contribution is -2.37. The van der Waals surface area contributed by atoms with Crippen LogP contribution >= 0.6 is 7.82 Å². The van der Waals surface area contributed by atoms with Crippen molar-refractivity contribution in [2.24, 2.45) is 0 Å². The number of nitrogens with zero attached hydrogens (tertiary/aromatic N) is 1. The average molecular weight is 1100 g/mol. The summed E-state index contributed by atoms with van der Waals surface area (Å²) in [5.41, 5.74) is 0. The van der Waals surface area contributed by atoms with Crippen molar-refractivity contribution in [1.82, 2.24) is 0 Å². The summed E-state index contributed by atoms with van der Waals surface area (Å²) in [6, 6.07) is 0. The number of likely N-dealkylation sites (N-methyl/N-ethyl adjacent to an activating group) is 1. The van der Waals surface area contributed by atoms with Gasteiger partial charge >= 0.3 is 19.8 Å². The molecule has 9 nitrogen and oxygen atoms in total. The van der Waals surface area contributed by atoms with Gasteiger partial charge in [-0.15, -0.1) is 0 Å². The summed E-state index contributed by atoms with van der Waals surface area (Å²) in [5, 5.41) is 0. The molecule has 0 saturated heterocycles. The molecule has 0 aromatic rings. The number of hydrogen-bond acceptors (Lipinski definition) is 7. The van der Waals surface area contributed by atoms with Gasteiger partial charge in [0.15, 0.2) is 6.10 Å². The monoisotopic (exact) mass is 1100 g/mol. The molecule has 0 aliphatic heterocycles. The summed E-state index contributed by atoms with van der Waals surface area (Å²) in [6.45, 7) is 4.05. The molecule has 0 heterocycles. The molecular weight excluding hydrogens is 990 g/mol. The molecule has 0 fully saturated rings. The van der Waals surface area contributed by atoms with E-state index < -0.39 is 32.5 Å². The van der Waals surface area contributed by atoms with Crippen LogP contribution in [0.2, 0.25) is 0 Å². The summed E-state index contributed by atoms with van der Waals surface area (Å²) in [6.07, 6.45) is 87.6. The van der Waals surface area contributed by atoms with Crippen molar-refractivity contribution in [2.45, 2.75) is 200 Å². The van der Waals surface area contributed by atoms with E-state index in [2.05, 4.69) is 166 Å². The van der Waals surface area contributed by atoms with Crippen LogP contribution in [0.25, 0.3) is 0 Å². The lowest BCUT2D eigenvalue weighted by atomic mass is 10.0. The molecule has 0 bridgehead atoms. The molecule has 0 aliphatic rings. The van der Waals surface area contributed by atoms with Crippen molar-refractivity contribution in [2.75, 3.05) is 47.5 Å². The van der Waals surface area contributed by atoms with Gasteiger partial charge in [-0.1, -0.05) is 242 Å². The Hall–Kier alpha value is -4.63. The summed E-state index contributed by atoms with van der Waals surface area (Å²) in [5.74, 6) is -0.962. The van der Waals surface area contributed by atoms with E-state index in [9.17, 15) is 19.0 Å². The maximum absolute atomic E-state index is 12.8. The number of esters is 2. The second kappa shape index (κ2) is 57.1. The van der Waals surface area contributed by atoms with Crippen molar-refractivity contribution in [3.63, 3.8) is 0 Å². The van der Waals surface area contributed by atoms with Gasteiger partial charge < -0.3 is 18.9 Å². The number of phosphoric acid groups is 1. The maximum Gasteiger partial charge on any atom is 0.472 e. The Morgan fingerprint density at radius 2 is 0.731 bits per heavy atom. The number of quaternary nitrogens is 1. The van der Waals surface area contributed by atoms with Crippen LogP contribution in [0.15, 0.2) is 170 Å². The fraction of sp³-hybridized carbons (Fsp3) is 0.559. The van der Waals surface area contributed by atoms with Crippen LogP contribution in [0.5, 0.6) is 0 Å². The van der Waals surface area contributed by atoms with E-state index in [4.69, 9.17) is 18.5 Å². The Morgan fingerprint density at radius 1 is 0.410 bits per heavy atom. The number of ether oxygens (including phenoxy) is 2. The fourth-order valence-corrected chi connectivity index (χ4v) is 8.00. The summed E-state index contributed by atoms with van der Waals surface area (Å²) in [7, 11) is 1.40. The summed E-state index contributed by atoms with van der Waals surface area (Å²) in [4.78, 5) is 35.6. The Bertz CT molecular complexity index is 1920. The van der Waals surface area contributed by atoms with E-state index in [1.165, 1.54) is 44.9 Å². The molecule has 78 heavy (non-hydrogen) atoms. The standard InChI is InChI=1S/C68H108NO8P/c1-6-8-10-12-14-16-18-20-22-23-24-25-26-27-28-29-30-31-32-33-34-35-36-37-38-39-40-41-42-43-44-45-47-49-51-53-55-57-59-61-68(71)77-66(65-76-78(72,73)75-63-62-69(3,4)5)64-74-67(70)60-58-56-54-52-50-48-46-21-19-17-15-13-11-9-7-2/h8-11,14-17,20-22,24-25,27-28,30-31,33-34,36-37,39-40,46,50,52,56,58,66H,6-7,12-13,18-19,23,26,29,32,35,38,41-45,47-49,51,53-55,57,59-65H2,1-5H3/p+1/b10-8-,11-9-,16-14-,17-15-,22-20-,25-24-,28-27-,31-30-,34-33-,37-36-,40-39-,46-21-,52-50-,58-56-. The first-order valence-electron chi connectivity index (χ1n) is 29.9. The zero-order valence-corrected chi connectivity index (χ0v) is 50.5. The van der Waals surface area contributed by atoms with E-state index >= 15 is 0 Å². The van der Waals surface area contributed by atoms with Gasteiger partial charge in [0.1, 0.15) is 19.8 Å². The summed E-state index contributed by atoms with van der Waals surface area (Å²) >= 11 is 0. The number of allylic oxidation sites excluding steroid dienone is 27. The second-order valence-electron chi connectivity index (χ2n) is 20.3. The number of phosphoric ester groups is 1. The quantitative estimate of drug-likeness (QED) is 0.0211. The molecule has 0 spiro atoms. The van der Waals surface area contributed by atoms with Gasteiger partial charge in [0, 0.05) is 6.42 Å². The van der Waals surface area contributed by atoms with Crippen molar-refractivity contribution in [3.05, 3.63) is 170 Å². The molecule has 0 radical (unpaired) electrons. The topological polar surface area (TPSA) is 108 Å². The molecule has 0 saturated carbocycles. The minimum Gasteiger partial charge on any atom is -0.461 e. The third kappa shape index (κ3) is 60.6. The average Bonchev–Trinajstić information content (AvgIpc) is 3.41. The van der Waals surface area contributed by atoms with Crippen LogP contribution < -0.4 is 0 Å². The number of rotatable bonds is 52. The lowest BCUT2D eigenvalue weighted by Gasteiger charge is -2.24. The predicted octanol–water partition coefficient (Wildman–Crippen LogP) is 19.0. The van der Waals surface area contributed by atoms with Crippen LogP contribution in [0, 0.1) is 0 Å². The van der Waals surface area contributed by atoms with E-state index in [0.717, 1.165) is 109 Å². The zero-order chi connectivity index (χ0) is 57.0. The van der Waals surface area contributed by atoms with Crippen LogP contribution in [-0.4, -0.2) is 74.9 Å². The Balaban J connectivity index is 4.16. The number of unbranched alkanes of at least 4 members (excludes halogenated alkanes) is 11. The highest BCUT2D eigenvalue weighted by atomic mass is 31.2. The molecule has 1 N–H and O–H groups in total. The van der Waals surface area contributed by atoms with Gasteiger partial charge in [-0.3, -0.25) is 18.6 Å². The molecule has 0 aromatic carbocycles. The maximum atomic E-state index is 12.8. The number of carbonyl (C=O) groups is 2. The fourth-order valence-electron chi connectivity index (χ4n) is 7.26. The van der Waals surface area contributed by atoms with Crippen molar-refractivity contribution >= 4 is 19.8 Å². The Labute approximate surface area is 477 Å². The zero-order valence-electron chi connectivity index (χ0n) is 49.6. The van der Waals surface area contributed by atoms with Gasteiger partial charge in [-0.25, -0.2) is 4.57 Å². The number of hydrogen-bond donors (Lipinski definition) is 1. The molecule has 0 aliphatic carbocycles. The third-order valence-corrected chi connectivity index (χ3v) is 12.8. The van der Waals surface area contributed by atoms with Gasteiger partial charge in [-0.05, 0) is 109 Å². The molecule has 0 rings (SSSR count). The lowest BCUT2D eigenvalue weighted by molar-refractivity contribution is -0.870. The molecule has 2 unspecified atom stereocenters. The molecule has 0 aromatic heterocycles. The molecule has 0 amide bonds. The molecule has 438 valence electrons. The predicted molar refractivity (Wildman–Crippen MR) is 334 cm³/mol. The second-order valence-corrected chi connectivity index (χ2v) is 21.7. The van der Waals surface area contributed by atoms with Crippen molar-refractivity contribution in [3.8, 4) is 0 Å². The summed E-state index contributed by atoms with van der Waals surface area (Å²) < 4.78 is 34.4. The van der Waals surface area contributed by atoms with E-state index in [1.807, 2.05) is 33.3 Å². The first kappa shape index (κ1) is 73.4. The minimum absolute atomic E-state index is 0.00870. The molecule has 2 atom stereocenters. The van der Waals surface area contributed by atoms with Crippen LogP contribution in [0.4, 0.5) is 0 Å². The Kier molecular flexibility index (Phi) is 53.7. The highest BCUT2D eigenvalue weighted by Crippen LogP contribution is 2.43. The van der Waals surface area contributed by atoms with Crippen LogP contribution in [-0.2, 0) is 32.7 Å². The number of carbonyl (C=O) groups excluding carboxylic acids is 2. The van der Waals surface area contributed by atoms with E-state index in [0.29, 0.717) is 23.9 Å². The minimum atomic E-state index is -4.42. The molecular formula is C68H109NO8P+. The van der Waals surface area contributed by atoms with Gasteiger partial charge in [0.25, 0.3) is 0 Å².